The van der Waals surface area contributed by atoms with E-state index >= 15 is 0 Å². The molecule has 0 aliphatic carbocycles. The van der Waals surface area contributed by atoms with Gasteiger partial charge in [-0.15, -0.1) is 0 Å². The van der Waals surface area contributed by atoms with Crippen LogP contribution >= 0.6 is 23.1 Å². The molecule has 0 saturated carbocycles. The summed E-state index contributed by atoms with van der Waals surface area (Å²) in [6.45, 7) is 0. The summed E-state index contributed by atoms with van der Waals surface area (Å²) in [6.07, 6.45) is 6.12. The Hall–Kier alpha value is -2.32. The van der Waals surface area contributed by atoms with Crippen LogP contribution in [0.4, 0.5) is 0 Å². The van der Waals surface area contributed by atoms with Crippen LogP contribution in [0.25, 0.3) is 15.3 Å². The fourth-order valence-corrected chi connectivity index (χ4v) is 3.80. The number of nitrogens with one attached hydrogen (secondary N) is 1. The predicted molar refractivity (Wildman–Crippen MR) is 101 cm³/mol. The molecular weight excluding hydrogens is 358 g/mol. The number of hydrogen-bond acceptors (Lipinski definition) is 5. The Balaban J connectivity index is 1.80. The average molecular weight is 375 g/mol. The van der Waals surface area contributed by atoms with E-state index in [0.29, 0.717) is 17.7 Å². The number of carbonyl (C=O) groups excluding carboxylic acids is 1. The first-order valence-electron chi connectivity index (χ1n) is 7.65. The van der Waals surface area contributed by atoms with E-state index in [1.54, 1.807) is 30.0 Å². The summed E-state index contributed by atoms with van der Waals surface area (Å²) in [6, 6.07) is 8.17. The van der Waals surface area contributed by atoms with Gasteiger partial charge in [-0.2, -0.15) is 11.8 Å². The molecule has 130 valence electrons. The molecule has 0 saturated heterocycles. The Kier molecular flexibility index (Phi) is 5.40. The van der Waals surface area contributed by atoms with E-state index in [4.69, 9.17) is 0 Å². The second-order valence-corrected chi connectivity index (χ2v) is 7.41. The van der Waals surface area contributed by atoms with Gasteiger partial charge >= 0.3 is 5.97 Å². The molecule has 1 atom stereocenters. The van der Waals surface area contributed by atoms with E-state index in [9.17, 15) is 14.7 Å². The van der Waals surface area contributed by atoms with Crippen molar-refractivity contribution >= 4 is 45.2 Å². The molecule has 2 heterocycles. The minimum atomic E-state index is -1.02. The first-order valence-corrected chi connectivity index (χ1v) is 9.86. The molecule has 2 N–H and O–H groups in total. The van der Waals surface area contributed by atoms with E-state index in [0.717, 1.165) is 15.3 Å². The average Bonchev–Trinajstić information content (AvgIpc) is 3.25. The third kappa shape index (κ3) is 4.02. The number of thioether (sulfide) groups is 1. The maximum atomic E-state index is 12.4. The van der Waals surface area contributed by atoms with Crippen molar-refractivity contribution in [3.8, 4) is 5.13 Å². The molecule has 0 aliphatic heterocycles. The SMILES string of the molecule is CSCC[C@H](NC(=O)c1ccc2nc(-n3cccc3)sc2c1)C(=O)O. The minimum absolute atomic E-state index is 0.383. The fourth-order valence-electron chi connectivity index (χ4n) is 2.36. The lowest BCUT2D eigenvalue weighted by molar-refractivity contribution is -0.139. The standard InChI is InChI=1S/C17H17N3O3S2/c1-24-9-6-13(16(22)23)18-15(21)11-4-5-12-14(10-11)25-17(19-12)20-7-2-3-8-20/h2-5,7-8,10,13H,6,9H2,1H3,(H,18,21)(H,22,23)/t13-/m0/s1. The Bertz CT molecular complexity index is 890. The molecule has 1 amide bonds. The smallest absolute Gasteiger partial charge is 0.326 e. The number of amides is 1. The van der Waals surface area contributed by atoms with Crippen LogP contribution in [-0.2, 0) is 4.79 Å². The Morgan fingerprint density at radius 3 is 2.80 bits per heavy atom. The predicted octanol–water partition coefficient (Wildman–Crippen LogP) is 3.02. The number of aromatic nitrogens is 2. The van der Waals surface area contributed by atoms with Gasteiger partial charge in [0.1, 0.15) is 6.04 Å². The van der Waals surface area contributed by atoms with E-state index in [2.05, 4.69) is 10.3 Å². The van der Waals surface area contributed by atoms with Gasteiger partial charge in [-0.05, 0) is 48.8 Å². The summed E-state index contributed by atoms with van der Waals surface area (Å²) in [5.41, 5.74) is 1.24. The topological polar surface area (TPSA) is 84.2 Å². The van der Waals surface area contributed by atoms with Gasteiger partial charge in [-0.3, -0.25) is 4.79 Å². The lowest BCUT2D eigenvalue weighted by Crippen LogP contribution is -2.41. The zero-order chi connectivity index (χ0) is 17.8. The second kappa shape index (κ2) is 7.71. The summed E-state index contributed by atoms with van der Waals surface area (Å²) in [5.74, 6) is -0.729. The van der Waals surface area contributed by atoms with Gasteiger partial charge in [0, 0.05) is 18.0 Å². The molecular formula is C17H17N3O3S2. The van der Waals surface area contributed by atoms with Gasteiger partial charge in [0.15, 0.2) is 5.13 Å². The second-order valence-electron chi connectivity index (χ2n) is 5.42. The van der Waals surface area contributed by atoms with E-state index in [1.807, 2.05) is 35.3 Å². The summed E-state index contributed by atoms with van der Waals surface area (Å²) in [7, 11) is 0. The molecule has 0 unspecified atom stereocenters. The number of aliphatic carboxylic acids is 1. The van der Waals surface area contributed by atoms with Gasteiger partial charge in [0.25, 0.3) is 5.91 Å². The highest BCUT2D eigenvalue weighted by Gasteiger charge is 2.20. The monoisotopic (exact) mass is 375 g/mol. The third-order valence-electron chi connectivity index (χ3n) is 3.68. The third-order valence-corrected chi connectivity index (χ3v) is 5.35. The zero-order valence-corrected chi connectivity index (χ0v) is 15.1. The first kappa shape index (κ1) is 17.5. The molecule has 0 radical (unpaired) electrons. The molecule has 0 bridgehead atoms. The highest BCUT2D eigenvalue weighted by molar-refractivity contribution is 7.98. The summed E-state index contributed by atoms with van der Waals surface area (Å²) in [5, 5.41) is 12.7. The van der Waals surface area contributed by atoms with Crippen LogP contribution < -0.4 is 5.32 Å². The molecule has 25 heavy (non-hydrogen) atoms. The van der Waals surface area contributed by atoms with Crippen molar-refractivity contribution < 1.29 is 14.7 Å². The zero-order valence-electron chi connectivity index (χ0n) is 13.5. The largest absolute Gasteiger partial charge is 0.480 e. The molecule has 1 aromatic carbocycles. The highest BCUT2D eigenvalue weighted by atomic mass is 32.2. The first-order chi connectivity index (χ1) is 12.1. The summed E-state index contributed by atoms with van der Waals surface area (Å²) < 4.78 is 2.79. The van der Waals surface area contributed by atoms with Gasteiger partial charge < -0.3 is 15.0 Å². The van der Waals surface area contributed by atoms with Crippen LogP contribution in [0.1, 0.15) is 16.8 Å². The highest BCUT2D eigenvalue weighted by Crippen LogP contribution is 2.26. The van der Waals surface area contributed by atoms with Crippen molar-refractivity contribution in [1.29, 1.82) is 0 Å². The van der Waals surface area contributed by atoms with E-state index in [-0.39, 0.29) is 5.91 Å². The Morgan fingerprint density at radius 2 is 2.12 bits per heavy atom. The van der Waals surface area contributed by atoms with Crippen LogP contribution in [-0.4, -0.2) is 44.6 Å². The Labute approximate surface area is 152 Å². The van der Waals surface area contributed by atoms with Crippen LogP contribution in [0.15, 0.2) is 42.7 Å². The normalized spacial score (nSPS) is 12.2. The van der Waals surface area contributed by atoms with Crippen molar-refractivity contribution in [1.82, 2.24) is 14.9 Å². The van der Waals surface area contributed by atoms with E-state index < -0.39 is 12.0 Å². The quantitative estimate of drug-likeness (QED) is 0.663. The van der Waals surface area contributed by atoms with Crippen LogP contribution in [0.2, 0.25) is 0 Å². The minimum Gasteiger partial charge on any atom is -0.480 e. The summed E-state index contributed by atoms with van der Waals surface area (Å²) in [4.78, 5) is 28.2. The molecule has 0 spiro atoms. The molecule has 0 fully saturated rings. The number of carbonyl (C=O) groups is 2. The van der Waals surface area contributed by atoms with Gasteiger partial charge in [0.05, 0.1) is 10.2 Å². The molecule has 2 aromatic heterocycles. The van der Waals surface area contributed by atoms with Crippen LogP contribution in [0.3, 0.4) is 0 Å². The summed E-state index contributed by atoms with van der Waals surface area (Å²) >= 11 is 3.03. The lowest BCUT2D eigenvalue weighted by Gasteiger charge is -2.13. The molecule has 8 heteroatoms. The number of carboxylic acids is 1. The molecule has 3 aromatic rings. The van der Waals surface area contributed by atoms with Crippen LogP contribution in [0, 0.1) is 0 Å². The Morgan fingerprint density at radius 1 is 1.36 bits per heavy atom. The van der Waals surface area contributed by atoms with Crippen molar-refractivity contribution in [3.05, 3.63) is 48.3 Å². The van der Waals surface area contributed by atoms with Crippen molar-refractivity contribution in [2.24, 2.45) is 0 Å². The van der Waals surface area contributed by atoms with Gasteiger partial charge in [0.2, 0.25) is 0 Å². The maximum Gasteiger partial charge on any atom is 0.326 e. The van der Waals surface area contributed by atoms with Gasteiger partial charge in [-0.1, -0.05) is 11.3 Å². The number of fused-ring (bicyclic) bond motifs is 1. The molecule has 3 rings (SSSR count). The van der Waals surface area contributed by atoms with Crippen molar-refractivity contribution in [2.45, 2.75) is 12.5 Å². The van der Waals surface area contributed by atoms with Crippen LogP contribution in [0.5, 0.6) is 0 Å². The number of nitrogens with zero attached hydrogens (tertiary/aromatic N) is 2. The van der Waals surface area contributed by atoms with E-state index in [1.165, 1.54) is 11.3 Å². The maximum absolute atomic E-state index is 12.4. The molecule has 0 aliphatic rings. The number of rotatable bonds is 7. The number of benzene rings is 1. The number of thiazole rings is 1. The lowest BCUT2D eigenvalue weighted by atomic mass is 10.1. The molecule has 6 nitrogen and oxygen atoms in total. The van der Waals surface area contributed by atoms with Crippen molar-refractivity contribution in [2.75, 3.05) is 12.0 Å². The fraction of sp³-hybridized carbons (Fsp3) is 0.235. The number of hydrogen-bond donors (Lipinski definition) is 2. The van der Waals surface area contributed by atoms with Gasteiger partial charge in [-0.25, -0.2) is 9.78 Å². The van der Waals surface area contributed by atoms with Crippen molar-refractivity contribution in [3.63, 3.8) is 0 Å². The number of carboxylic acid groups (broad SMARTS) is 1.